The second-order valence-electron chi connectivity index (χ2n) is 6.97. The van der Waals surface area contributed by atoms with Crippen LogP contribution in [0.3, 0.4) is 0 Å². The van der Waals surface area contributed by atoms with Gasteiger partial charge in [-0.25, -0.2) is 14.3 Å². The summed E-state index contributed by atoms with van der Waals surface area (Å²) in [6.45, 7) is 5.35. The quantitative estimate of drug-likeness (QED) is 0.711. The van der Waals surface area contributed by atoms with Gasteiger partial charge in [0.2, 0.25) is 5.91 Å². The van der Waals surface area contributed by atoms with E-state index in [4.69, 9.17) is 4.74 Å². The van der Waals surface area contributed by atoms with Crippen LogP contribution in [0.25, 0.3) is 11.0 Å². The minimum absolute atomic E-state index is 0.188. The molecule has 8 nitrogen and oxygen atoms in total. The number of carbonyl (C=O) groups excluding carboxylic acids is 1. The van der Waals surface area contributed by atoms with Gasteiger partial charge in [0.05, 0.1) is 7.11 Å². The van der Waals surface area contributed by atoms with Crippen molar-refractivity contribution in [3.63, 3.8) is 0 Å². The number of ether oxygens (including phenoxy) is 1. The summed E-state index contributed by atoms with van der Waals surface area (Å²) < 4.78 is 7.60. The van der Waals surface area contributed by atoms with Crippen molar-refractivity contribution in [2.24, 2.45) is 7.05 Å². The molecule has 0 aliphatic carbocycles. The second-order valence-corrected chi connectivity index (χ2v) is 6.97. The first-order valence-electron chi connectivity index (χ1n) is 9.31. The van der Waals surface area contributed by atoms with Crippen LogP contribution in [0, 0.1) is 13.8 Å². The Hall–Kier alpha value is -3.42. The molecule has 0 aliphatic heterocycles. The van der Waals surface area contributed by atoms with Gasteiger partial charge in [0.15, 0.2) is 5.65 Å². The molecule has 0 bridgehead atoms. The van der Waals surface area contributed by atoms with Crippen LogP contribution < -0.4 is 21.3 Å². The minimum Gasteiger partial charge on any atom is -0.495 e. The Balaban J connectivity index is 2.08. The molecule has 3 rings (SSSR count). The average molecular weight is 396 g/mol. The zero-order chi connectivity index (χ0) is 21.3. The van der Waals surface area contributed by atoms with E-state index in [2.05, 4.69) is 10.3 Å². The van der Waals surface area contributed by atoms with Crippen LogP contribution in [0.4, 0.5) is 5.69 Å². The van der Waals surface area contributed by atoms with E-state index < -0.39 is 23.7 Å². The highest BCUT2D eigenvalue weighted by molar-refractivity contribution is 5.91. The maximum Gasteiger partial charge on any atom is 0.332 e. The molecule has 8 heteroatoms. The third kappa shape index (κ3) is 3.65. The highest BCUT2D eigenvalue weighted by Crippen LogP contribution is 2.25. The van der Waals surface area contributed by atoms with Crippen LogP contribution in [-0.2, 0) is 24.8 Å². The van der Waals surface area contributed by atoms with Gasteiger partial charge < -0.3 is 10.1 Å². The Morgan fingerprint density at radius 3 is 2.59 bits per heavy atom. The van der Waals surface area contributed by atoms with E-state index >= 15 is 0 Å². The molecule has 2 heterocycles. The van der Waals surface area contributed by atoms with Crippen molar-refractivity contribution in [3.05, 3.63) is 61.9 Å². The monoisotopic (exact) mass is 396 g/mol. The minimum atomic E-state index is -0.614. The van der Waals surface area contributed by atoms with Crippen LogP contribution in [0.15, 0.2) is 34.0 Å². The third-order valence-corrected chi connectivity index (χ3v) is 4.92. The van der Waals surface area contributed by atoms with Crippen LogP contribution >= 0.6 is 0 Å². The zero-order valence-corrected chi connectivity index (χ0v) is 17.2. The van der Waals surface area contributed by atoms with Gasteiger partial charge in [0.1, 0.15) is 17.7 Å². The number of hydrogen-bond acceptors (Lipinski definition) is 5. The second kappa shape index (κ2) is 7.90. The third-order valence-electron chi connectivity index (χ3n) is 4.92. The molecule has 0 fully saturated rings. The maximum absolute atomic E-state index is 13.1. The van der Waals surface area contributed by atoms with Gasteiger partial charge >= 0.3 is 5.69 Å². The van der Waals surface area contributed by atoms with Gasteiger partial charge in [-0.15, -0.1) is 0 Å². The first kappa shape index (κ1) is 20.3. The number of benzene rings is 1. The first-order valence-corrected chi connectivity index (χ1v) is 9.31. The normalized spacial score (nSPS) is 10.9. The average Bonchev–Trinajstić information content (AvgIpc) is 2.70. The summed E-state index contributed by atoms with van der Waals surface area (Å²) in [5.74, 6) is -0.0873. The fourth-order valence-corrected chi connectivity index (χ4v) is 3.38. The largest absolute Gasteiger partial charge is 0.495 e. The molecule has 0 atom stereocenters. The van der Waals surface area contributed by atoms with Crippen molar-refractivity contribution in [2.75, 3.05) is 12.4 Å². The molecule has 3 aromatic rings. The number of carbonyl (C=O) groups is 1. The zero-order valence-electron chi connectivity index (χ0n) is 17.2. The van der Waals surface area contributed by atoms with Gasteiger partial charge in [-0.2, -0.15) is 0 Å². The highest BCUT2D eigenvalue weighted by atomic mass is 16.5. The lowest BCUT2D eigenvalue weighted by Gasteiger charge is -2.14. The molecule has 29 heavy (non-hydrogen) atoms. The van der Waals surface area contributed by atoms with Crippen molar-refractivity contribution < 1.29 is 9.53 Å². The number of pyridine rings is 1. The molecule has 0 saturated carbocycles. The van der Waals surface area contributed by atoms with Gasteiger partial charge in [0.25, 0.3) is 5.56 Å². The Bertz CT molecular complexity index is 1220. The molecule has 0 radical (unpaired) electrons. The van der Waals surface area contributed by atoms with Crippen molar-refractivity contribution in [2.45, 2.75) is 33.7 Å². The topological polar surface area (TPSA) is 95.2 Å². The number of anilines is 1. The summed E-state index contributed by atoms with van der Waals surface area (Å²) in [5.41, 5.74) is 2.37. The highest BCUT2D eigenvalue weighted by Gasteiger charge is 2.20. The summed E-state index contributed by atoms with van der Waals surface area (Å²) in [6, 6.07) is 5.62. The van der Waals surface area contributed by atoms with Crippen molar-refractivity contribution in [3.8, 4) is 5.75 Å². The predicted molar refractivity (Wildman–Crippen MR) is 112 cm³/mol. The van der Waals surface area contributed by atoms with Crippen LogP contribution in [0.5, 0.6) is 5.75 Å². The Morgan fingerprint density at radius 2 is 1.97 bits per heavy atom. The molecule has 1 N–H and O–H groups in total. The van der Waals surface area contributed by atoms with Gasteiger partial charge in [-0.05, 0) is 31.9 Å². The Morgan fingerprint density at radius 1 is 1.24 bits per heavy atom. The number of rotatable bonds is 5. The molecule has 1 aromatic carbocycles. The fraction of sp³-hybridized carbons (Fsp3) is 0.333. The summed E-state index contributed by atoms with van der Waals surface area (Å²) in [4.78, 5) is 42.7. The molecule has 0 saturated heterocycles. The van der Waals surface area contributed by atoms with Gasteiger partial charge in [-0.1, -0.05) is 24.6 Å². The van der Waals surface area contributed by atoms with Gasteiger partial charge in [0, 0.05) is 24.5 Å². The van der Waals surface area contributed by atoms with Crippen molar-refractivity contribution in [1.29, 1.82) is 0 Å². The number of aryl methyl sites for hydroxylation is 4. The molecule has 2 aromatic heterocycles. The van der Waals surface area contributed by atoms with E-state index in [0.717, 1.165) is 21.3 Å². The summed E-state index contributed by atoms with van der Waals surface area (Å²) >= 11 is 0. The summed E-state index contributed by atoms with van der Waals surface area (Å²) in [7, 11) is 2.98. The maximum atomic E-state index is 13.1. The van der Waals surface area contributed by atoms with Crippen molar-refractivity contribution in [1.82, 2.24) is 14.1 Å². The van der Waals surface area contributed by atoms with Crippen LogP contribution in [0.2, 0.25) is 0 Å². The number of nitrogens with zero attached hydrogens (tertiary/aromatic N) is 3. The Labute approximate surface area is 167 Å². The van der Waals surface area contributed by atoms with E-state index in [9.17, 15) is 14.4 Å². The Kier molecular flexibility index (Phi) is 5.54. The van der Waals surface area contributed by atoms with Gasteiger partial charge in [-0.3, -0.25) is 14.2 Å². The number of methoxy groups -OCH3 is 1. The van der Waals surface area contributed by atoms with E-state index in [0.29, 0.717) is 17.9 Å². The van der Waals surface area contributed by atoms with Crippen LogP contribution in [0.1, 0.15) is 23.6 Å². The smallest absolute Gasteiger partial charge is 0.332 e. The fourth-order valence-electron chi connectivity index (χ4n) is 3.38. The molecule has 0 unspecified atom stereocenters. The van der Waals surface area contributed by atoms with E-state index in [-0.39, 0.29) is 11.0 Å². The first-order chi connectivity index (χ1) is 13.8. The molecule has 152 valence electrons. The number of hydrogen-bond donors (Lipinski definition) is 1. The molecule has 0 spiro atoms. The number of nitrogens with one attached hydrogen (secondary N) is 1. The lowest BCUT2D eigenvalue weighted by atomic mass is 10.1. The SMILES string of the molecule is CCc1cnc2c(c1OC)c(=O)n(CC(=O)Nc1ccc(C)cc1C)c(=O)n2C. The lowest BCUT2D eigenvalue weighted by molar-refractivity contribution is -0.116. The molecular formula is C21H24N4O4. The summed E-state index contributed by atoms with van der Waals surface area (Å²) in [6.07, 6.45) is 2.21. The molecule has 1 amide bonds. The lowest BCUT2D eigenvalue weighted by Crippen LogP contribution is -2.42. The molecule has 0 aliphatic rings. The standard InChI is InChI=1S/C21H24N4O4/c1-6-14-10-22-19-17(18(14)29-5)20(27)25(21(28)24(19)4)11-16(26)23-15-8-7-12(2)9-13(15)3/h7-10H,6,11H2,1-5H3,(H,23,26). The number of aromatic nitrogens is 3. The molecular weight excluding hydrogens is 372 g/mol. The van der Waals surface area contributed by atoms with E-state index in [1.165, 1.54) is 18.7 Å². The summed E-state index contributed by atoms with van der Waals surface area (Å²) in [5, 5.41) is 2.95. The van der Waals surface area contributed by atoms with E-state index in [1.807, 2.05) is 32.9 Å². The van der Waals surface area contributed by atoms with Crippen molar-refractivity contribution >= 4 is 22.6 Å². The van der Waals surface area contributed by atoms with E-state index in [1.54, 1.807) is 12.3 Å². The number of amides is 1. The predicted octanol–water partition coefficient (Wildman–Crippen LogP) is 1.92. The van der Waals surface area contributed by atoms with Crippen LogP contribution in [-0.4, -0.2) is 27.1 Å². The number of fused-ring (bicyclic) bond motifs is 1.